The number of carbonyl (C=O) groups excluding carboxylic acids is 1. The maximum absolute atomic E-state index is 13.9. The zero-order valence-corrected chi connectivity index (χ0v) is 28.3. The minimum absolute atomic E-state index is 0.0705. The number of nitrogens with one attached hydrogen (secondary N) is 2. The molecule has 248 valence electrons. The Kier molecular flexibility index (Phi) is 11.4. The van der Waals surface area contributed by atoms with Crippen molar-refractivity contribution in [2.24, 2.45) is 4.99 Å². The summed E-state index contributed by atoms with van der Waals surface area (Å²) in [4.78, 5) is 20.3. The summed E-state index contributed by atoms with van der Waals surface area (Å²) in [6.07, 6.45) is 8.78. The number of fused-ring (bicyclic) bond motifs is 1. The molecule has 2 N–H and O–H groups in total. The smallest absolute Gasteiger partial charge is 0.241 e. The van der Waals surface area contributed by atoms with Crippen LogP contribution >= 0.6 is 0 Å². The topological polar surface area (TPSA) is 100 Å². The lowest BCUT2D eigenvalue weighted by molar-refractivity contribution is -0.117. The van der Waals surface area contributed by atoms with Gasteiger partial charge in [-0.3, -0.25) is 14.7 Å². The van der Waals surface area contributed by atoms with Gasteiger partial charge in [-0.25, -0.2) is 13.1 Å². The number of benzene rings is 3. The Labute approximate surface area is 279 Å². The Morgan fingerprint density at radius 2 is 1.81 bits per heavy atom. The number of amides is 1. The lowest BCUT2D eigenvalue weighted by Crippen LogP contribution is -2.41. The molecule has 3 aromatic carbocycles. The molecule has 1 aliphatic heterocycles. The minimum Gasteiger partial charge on any atom is -0.497 e. The summed E-state index contributed by atoms with van der Waals surface area (Å²) in [5, 5.41) is 2.91. The van der Waals surface area contributed by atoms with Crippen LogP contribution in [0.4, 0.5) is 11.4 Å². The first-order valence-corrected chi connectivity index (χ1v) is 18.0. The van der Waals surface area contributed by atoms with Gasteiger partial charge in [0.05, 0.1) is 30.3 Å². The Bertz CT molecular complexity index is 1720. The van der Waals surface area contributed by atoms with Crippen LogP contribution in [0.15, 0.2) is 95.9 Å². The molecule has 9 heteroatoms. The summed E-state index contributed by atoms with van der Waals surface area (Å²) in [6.45, 7) is 11.1. The summed E-state index contributed by atoms with van der Waals surface area (Å²) in [7, 11) is -2.33. The van der Waals surface area contributed by atoms with Crippen LogP contribution in [0.1, 0.15) is 62.1 Å². The quantitative estimate of drug-likeness (QED) is 0.181. The number of nitrogens with zero attached hydrogens (tertiary/aromatic N) is 2. The Balaban J connectivity index is 1.35. The van der Waals surface area contributed by atoms with Crippen molar-refractivity contribution in [2.75, 3.05) is 25.5 Å². The third-order valence-corrected chi connectivity index (χ3v) is 10.5. The van der Waals surface area contributed by atoms with Gasteiger partial charge in [0.1, 0.15) is 5.75 Å². The van der Waals surface area contributed by atoms with Crippen LogP contribution in [0.3, 0.4) is 0 Å². The van der Waals surface area contributed by atoms with E-state index in [-0.39, 0.29) is 17.3 Å². The maximum atomic E-state index is 13.9. The number of para-hydroxylation sites is 1. The van der Waals surface area contributed by atoms with Gasteiger partial charge in [-0.2, -0.15) is 0 Å². The average molecular weight is 655 g/mol. The van der Waals surface area contributed by atoms with E-state index in [9.17, 15) is 13.2 Å². The van der Waals surface area contributed by atoms with Crippen molar-refractivity contribution in [3.05, 3.63) is 103 Å². The zero-order valence-electron chi connectivity index (χ0n) is 27.5. The van der Waals surface area contributed by atoms with Gasteiger partial charge in [-0.05, 0) is 91.6 Å². The fourth-order valence-electron chi connectivity index (χ4n) is 6.54. The number of ether oxygens (including phenoxy) is 1. The molecule has 5 rings (SSSR count). The Morgan fingerprint density at radius 1 is 1.04 bits per heavy atom. The van der Waals surface area contributed by atoms with E-state index in [0.717, 1.165) is 53.1 Å². The molecule has 1 unspecified atom stereocenters. The molecule has 47 heavy (non-hydrogen) atoms. The SMILES string of the molecule is C=CCN(CC(=O)Nc1cccc(S(=O)(=O)NC2CC(=C)c3ccccc3N=C2CCc2cc(CC)cc(OC)c2)c1)C1CCCC1. The molecule has 1 atom stereocenters. The second-order valence-electron chi connectivity index (χ2n) is 12.4. The van der Waals surface area contributed by atoms with E-state index in [1.807, 2.05) is 42.5 Å². The molecule has 1 heterocycles. The molecular weight excluding hydrogens is 609 g/mol. The maximum Gasteiger partial charge on any atom is 0.241 e. The third-order valence-electron chi connectivity index (χ3n) is 9.02. The van der Waals surface area contributed by atoms with Crippen molar-refractivity contribution in [2.45, 2.75) is 75.3 Å². The number of carbonyl (C=O) groups is 1. The number of aliphatic imine (C=N–C) groups is 1. The Morgan fingerprint density at radius 3 is 2.55 bits per heavy atom. The van der Waals surface area contributed by atoms with Crippen molar-refractivity contribution in [3.63, 3.8) is 0 Å². The van der Waals surface area contributed by atoms with E-state index in [2.05, 4.69) is 41.1 Å². The van der Waals surface area contributed by atoms with E-state index < -0.39 is 16.1 Å². The molecule has 2 aliphatic rings. The van der Waals surface area contributed by atoms with Crippen molar-refractivity contribution >= 4 is 38.6 Å². The van der Waals surface area contributed by atoms with E-state index in [1.165, 1.54) is 24.5 Å². The number of rotatable bonds is 14. The second-order valence-corrected chi connectivity index (χ2v) is 14.1. The van der Waals surface area contributed by atoms with Crippen LogP contribution in [-0.4, -0.2) is 57.2 Å². The zero-order chi connectivity index (χ0) is 33.4. The van der Waals surface area contributed by atoms with Gasteiger partial charge in [0.25, 0.3) is 0 Å². The monoisotopic (exact) mass is 654 g/mol. The predicted octanol–water partition coefficient (Wildman–Crippen LogP) is 7.10. The fourth-order valence-corrected chi connectivity index (χ4v) is 7.81. The molecule has 0 spiro atoms. The van der Waals surface area contributed by atoms with Crippen molar-refractivity contribution in [3.8, 4) is 5.75 Å². The van der Waals surface area contributed by atoms with Gasteiger partial charge < -0.3 is 10.1 Å². The van der Waals surface area contributed by atoms with Gasteiger partial charge in [0.2, 0.25) is 15.9 Å². The molecular formula is C38H46N4O4S. The number of hydrogen-bond acceptors (Lipinski definition) is 6. The average Bonchev–Trinajstić information content (AvgIpc) is 3.57. The summed E-state index contributed by atoms with van der Waals surface area (Å²) in [6, 6.07) is 20.2. The van der Waals surface area contributed by atoms with Crippen LogP contribution in [0, 0.1) is 0 Å². The molecule has 0 radical (unpaired) electrons. The van der Waals surface area contributed by atoms with Gasteiger partial charge in [0.15, 0.2) is 0 Å². The highest BCUT2D eigenvalue weighted by atomic mass is 32.2. The van der Waals surface area contributed by atoms with Crippen molar-refractivity contribution in [1.82, 2.24) is 9.62 Å². The molecule has 1 saturated carbocycles. The van der Waals surface area contributed by atoms with E-state index in [4.69, 9.17) is 9.73 Å². The van der Waals surface area contributed by atoms with Crippen molar-refractivity contribution < 1.29 is 17.9 Å². The van der Waals surface area contributed by atoms with Crippen molar-refractivity contribution in [1.29, 1.82) is 0 Å². The summed E-state index contributed by atoms with van der Waals surface area (Å²) in [5.74, 6) is 0.620. The molecule has 3 aromatic rings. The highest BCUT2D eigenvalue weighted by molar-refractivity contribution is 7.89. The van der Waals surface area contributed by atoms with Gasteiger partial charge in [-0.15, -0.1) is 6.58 Å². The van der Waals surface area contributed by atoms with Crippen LogP contribution in [0.2, 0.25) is 0 Å². The molecule has 1 amide bonds. The van der Waals surface area contributed by atoms with E-state index in [1.54, 1.807) is 25.3 Å². The van der Waals surface area contributed by atoms with Gasteiger partial charge in [-0.1, -0.05) is 62.8 Å². The van der Waals surface area contributed by atoms with Crippen LogP contribution in [0.25, 0.3) is 5.57 Å². The second kappa shape index (κ2) is 15.7. The molecule has 0 aromatic heterocycles. The van der Waals surface area contributed by atoms with Gasteiger partial charge >= 0.3 is 0 Å². The minimum atomic E-state index is -3.99. The number of methoxy groups -OCH3 is 1. The highest BCUT2D eigenvalue weighted by Gasteiger charge is 2.29. The van der Waals surface area contributed by atoms with Crippen LogP contribution < -0.4 is 14.8 Å². The number of hydrogen-bond donors (Lipinski definition) is 2. The Hall–Kier alpha value is -4.05. The summed E-state index contributed by atoms with van der Waals surface area (Å²) in [5.41, 5.74) is 5.95. The normalized spacial score (nSPS) is 16.8. The predicted molar refractivity (Wildman–Crippen MR) is 191 cm³/mol. The number of anilines is 1. The van der Waals surface area contributed by atoms with Gasteiger partial charge in [0, 0.05) is 29.5 Å². The van der Waals surface area contributed by atoms with E-state index in [0.29, 0.717) is 37.5 Å². The lowest BCUT2D eigenvalue weighted by Gasteiger charge is -2.26. The highest BCUT2D eigenvalue weighted by Crippen LogP contribution is 2.33. The molecule has 0 bridgehead atoms. The largest absolute Gasteiger partial charge is 0.497 e. The lowest BCUT2D eigenvalue weighted by atomic mass is 9.96. The summed E-state index contributed by atoms with van der Waals surface area (Å²) < 4.78 is 36.3. The van der Waals surface area contributed by atoms with Crippen LogP contribution in [0.5, 0.6) is 5.75 Å². The number of aryl methyl sites for hydroxylation is 2. The first kappa shape index (κ1) is 34.3. The first-order valence-electron chi connectivity index (χ1n) is 16.5. The standard InChI is InChI=1S/C38H46N4O4S/c1-5-20-42(31-13-7-8-14-31)26-38(43)39-30-12-11-15-33(25-30)47(44,45)41-37-21-27(3)34-16-9-10-17-35(34)40-36(37)19-18-29-22-28(6-2)23-32(24-29)46-4/h5,9-12,15-17,22-25,31,37,41H,1,3,6-8,13-14,18-21,26H2,2,4H3,(H,39,43). The number of sulfonamides is 1. The van der Waals surface area contributed by atoms with E-state index >= 15 is 0 Å². The molecule has 1 fully saturated rings. The third kappa shape index (κ3) is 8.86. The molecule has 1 aliphatic carbocycles. The molecule has 0 saturated heterocycles. The van der Waals surface area contributed by atoms with Crippen LogP contribution in [-0.2, 0) is 27.7 Å². The first-order chi connectivity index (χ1) is 22.7. The summed E-state index contributed by atoms with van der Waals surface area (Å²) >= 11 is 0. The fraction of sp³-hybridized carbons (Fsp3) is 0.368. The molecule has 8 nitrogen and oxygen atoms in total.